The van der Waals surface area contributed by atoms with Gasteiger partial charge in [-0.3, -0.25) is 5.10 Å². The average molecular weight is 390 g/mol. The molecular formula is C20H18F4N4. The van der Waals surface area contributed by atoms with Gasteiger partial charge in [0.1, 0.15) is 5.82 Å². The van der Waals surface area contributed by atoms with Gasteiger partial charge in [0.15, 0.2) is 0 Å². The van der Waals surface area contributed by atoms with Crippen molar-refractivity contribution in [1.29, 1.82) is 0 Å². The summed E-state index contributed by atoms with van der Waals surface area (Å²) in [6.45, 7) is 0.894. The van der Waals surface area contributed by atoms with Crippen LogP contribution in [-0.2, 0) is 6.18 Å². The highest BCUT2D eigenvalue weighted by Gasteiger charge is 2.36. The van der Waals surface area contributed by atoms with Gasteiger partial charge in [0.25, 0.3) is 0 Å². The number of benzene rings is 2. The zero-order valence-electron chi connectivity index (χ0n) is 14.8. The van der Waals surface area contributed by atoms with Gasteiger partial charge in [-0.15, -0.1) is 0 Å². The molecule has 2 aromatic carbocycles. The van der Waals surface area contributed by atoms with E-state index in [-0.39, 0.29) is 11.7 Å². The topological polar surface area (TPSA) is 57.9 Å². The predicted octanol–water partition coefficient (Wildman–Crippen LogP) is 4.44. The second kappa shape index (κ2) is 6.94. The van der Waals surface area contributed by atoms with Crippen molar-refractivity contribution in [3.63, 3.8) is 0 Å². The van der Waals surface area contributed by atoms with Crippen LogP contribution in [0.15, 0.2) is 48.7 Å². The highest BCUT2D eigenvalue weighted by atomic mass is 19.4. The van der Waals surface area contributed by atoms with Crippen molar-refractivity contribution >= 4 is 5.69 Å². The lowest BCUT2D eigenvalue weighted by Crippen LogP contribution is -2.28. The van der Waals surface area contributed by atoms with Crippen LogP contribution in [0.3, 0.4) is 0 Å². The van der Waals surface area contributed by atoms with E-state index < -0.39 is 17.6 Å². The zero-order valence-corrected chi connectivity index (χ0v) is 14.8. The van der Waals surface area contributed by atoms with Crippen molar-refractivity contribution in [3.05, 3.63) is 60.0 Å². The Morgan fingerprint density at radius 2 is 1.79 bits per heavy atom. The quantitative estimate of drug-likeness (QED) is 0.650. The molecule has 146 valence electrons. The minimum atomic E-state index is -4.50. The van der Waals surface area contributed by atoms with Gasteiger partial charge in [-0.25, -0.2) is 4.39 Å². The largest absolute Gasteiger partial charge is 0.418 e. The fraction of sp³-hybridized carbons (Fsp3) is 0.250. The molecule has 3 N–H and O–H groups in total. The van der Waals surface area contributed by atoms with Crippen LogP contribution in [-0.4, -0.2) is 29.3 Å². The maximum atomic E-state index is 13.8. The van der Waals surface area contributed by atoms with Crippen molar-refractivity contribution in [3.8, 4) is 22.4 Å². The highest BCUT2D eigenvalue weighted by Crippen LogP contribution is 2.41. The van der Waals surface area contributed by atoms with Crippen LogP contribution in [0.2, 0.25) is 0 Å². The van der Waals surface area contributed by atoms with Crippen LogP contribution in [0.4, 0.5) is 23.2 Å². The van der Waals surface area contributed by atoms with Gasteiger partial charge in [0.2, 0.25) is 0 Å². The first-order valence-electron chi connectivity index (χ1n) is 8.84. The highest BCUT2D eigenvalue weighted by molar-refractivity contribution is 5.81. The van der Waals surface area contributed by atoms with Gasteiger partial charge in [-0.1, -0.05) is 6.07 Å². The Balaban J connectivity index is 1.78. The van der Waals surface area contributed by atoms with Crippen molar-refractivity contribution < 1.29 is 17.6 Å². The number of nitrogens with zero attached hydrogens (tertiary/aromatic N) is 2. The third kappa shape index (κ3) is 3.47. The minimum Gasteiger partial charge on any atom is -0.369 e. The molecule has 0 amide bonds. The Kier molecular flexibility index (Phi) is 4.58. The summed E-state index contributed by atoms with van der Waals surface area (Å²) in [7, 11) is 0. The Morgan fingerprint density at radius 3 is 2.43 bits per heavy atom. The SMILES string of the molecule is NC1CCN(c2ccc(-c3cn[nH]c3-c3ccc(F)cc3)cc2C(F)(F)F)C1. The Morgan fingerprint density at radius 1 is 1.07 bits per heavy atom. The number of hydrogen-bond acceptors (Lipinski definition) is 3. The van der Waals surface area contributed by atoms with E-state index in [1.54, 1.807) is 23.1 Å². The van der Waals surface area contributed by atoms with E-state index >= 15 is 0 Å². The number of aromatic nitrogens is 2. The molecule has 4 nitrogen and oxygen atoms in total. The number of rotatable bonds is 3. The number of H-pyrrole nitrogens is 1. The summed E-state index contributed by atoms with van der Waals surface area (Å²) in [4.78, 5) is 1.67. The second-order valence-electron chi connectivity index (χ2n) is 6.89. The van der Waals surface area contributed by atoms with E-state index in [1.807, 2.05) is 0 Å². The third-order valence-corrected chi connectivity index (χ3v) is 4.95. The summed E-state index contributed by atoms with van der Waals surface area (Å²) < 4.78 is 54.5. The molecule has 1 aromatic heterocycles. The number of nitrogens with one attached hydrogen (secondary N) is 1. The maximum absolute atomic E-state index is 13.8. The Labute approximate surface area is 159 Å². The first-order chi connectivity index (χ1) is 13.3. The number of halogens is 4. The van der Waals surface area contributed by atoms with Crippen molar-refractivity contribution in [2.45, 2.75) is 18.6 Å². The summed E-state index contributed by atoms with van der Waals surface area (Å²) in [5.74, 6) is -0.391. The van der Waals surface area contributed by atoms with Crippen LogP contribution in [0.5, 0.6) is 0 Å². The monoisotopic (exact) mass is 390 g/mol. The van der Waals surface area contributed by atoms with Crippen LogP contribution in [0.25, 0.3) is 22.4 Å². The van der Waals surface area contributed by atoms with Gasteiger partial charge >= 0.3 is 6.18 Å². The fourth-order valence-electron chi connectivity index (χ4n) is 3.55. The zero-order chi connectivity index (χ0) is 19.9. The molecule has 0 radical (unpaired) electrons. The molecule has 1 atom stereocenters. The van der Waals surface area contributed by atoms with E-state index in [2.05, 4.69) is 10.2 Å². The summed E-state index contributed by atoms with van der Waals surface area (Å²) in [5.41, 5.74) is 7.36. The number of alkyl halides is 3. The molecule has 0 bridgehead atoms. The lowest BCUT2D eigenvalue weighted by Gasteiger charge is -2.23. The molecule has 3 aromatic rings. The molecule has 0 spiro atoms. The van der Waals surface area contributed by atoms with Gasteiger partial charge < -0.3 is 10.6 Å². The maximum Gasteiger partial charge on any atom is 0.418 e. The predicted molar refractivity (Wildman–Crippen MR) is 99.2 cm³/mol. The molecule has 28 heavy (non-hydrogen) atoms. The normalized spacial score (nSPS) is 17.3. The van der Waals surface area contributed by atoms with Gasteiger partial charge in [-0.05, 0) is 48.4 Å². The number of anilines is 1. The third-order valence-electron chi connectivity index (χ3n) is 4.95. The molecule has 0 aliphatic carbocycles. The molecule has 1 saturated heterocycles. The second-order valence-corrected chi connectivity index (χ2v) is 6.89. The van der Waals surface area contributed by atoms with Gasteiger partial charge in [0, 0.05) is 35.9 Å². The van der Waals surface area contributed by atoms with Crippen molar-refractivity contribution in [2.24, 2.45) is 5.73 Å². The molecule has 0 saturated carbocycles. The van der Waals surface area contributed by atoms with E-state index in [0.29, 0.717) is 41.9 Å². The standard InChI is InChI=1S/C20H18F4N4/c21-14-4-1-12(2-5-14)19-16(10-26-27-19)13-3-6-18(17(9-13)20(22,23)24)28-8-7-15(25)11-28/h1-6,9-10,15H,7-8,11,25H2,(H,26,27). The van der Waals surface area contributed by atoms with Crippen LogP contribution in [0, 0.1) is 5.82 Å². The lowest BCUT2D eigenvalue weighted by molar-refractivity contribution is -0.137. The van der Waals surface area contributed by atoms with E-state index in [1.165, 1.54) is 24.4 Å². The van der Waals surface area contributed by atoms with Crippen LogP contribution < -0.4 is 10.6 Å². The first kappa shape index (κ1) is 18.5. The lowest BCUT2D eigenvalue weighted by atomic mass is 9.98. The van der Waals surface area contributed by atoms with E-state index in [0.717, 1.165) is 6.07 Å². The van der Waals surface area contributed by atoms with E-state index in [9.17, 15) is 17.6 Å². The molecular weight excluding hydrogens is 372 g/mol. The van der Waals surface area contributed by atoms with E-state index in [4.69, 9.17) is 5.73 Å². The fourth-order valence-corrected chi connectivity index (χ4v) is 3.55. The van der Waals surface area contributed by atoms with Crippen LogP contribution in [0.1, 0.15) is 12.0 Å². The number of nitrogens with two attached hydrogens (primary N) is 1. The smallest absolute Gasteiger partial charge is 0.369 e. The molecule has 1 aliphatic rings. The molecule has 1 unspecified atom stereocenters. The van der Waals surface area contributed by atoms with Gasteiger partial charge in [0.05, 0.1) is 17.5 Å². The number of hydrogen-bond donors (Lipinski definition) is 2. The summed E-state index contributed by atoms with van der Waals surface area (Å²) in [5, 5.41) is 6.77. The summed E-state index contributed by atoms with van der Waals surface area (Å²) >= 11 is 0. The Bertz CT molecular complexity index is 979. The molecule has 8 heteroatoms. The summed E-state index contributed by atoms with van der Waals surface area (Å²) in [6.07, 6.45) is -2.37. The molecule has 1 fully saturated rings. The van der Waals surface area contributed by atoms with Crippen LogP contribution >= 0.6 is 0 Å². The summed E-state index contributed by atoms with van der Waals surface area (Å²) in [6, 6.07) is 9.83. The van der Waals surface area contributed by atoms with Crippen molar-refractivity contribution in [2.75, 3.05) is 18.0 Å². The van der Waals surface area contributed by atoms with Crippen molar-refractivity contribution in [1.82, 2.24) is 10.2 Å². The number of aromatic amines is 1. The molecule has 1 aliphatic heterocycles. The first-order valence-corrected chi connectivity index (χ1v) is 8.84. The Hall–Kier alpha value is -2.87. The minimum absolute atomic E-state index is 0.125. The average Bonchev–Trinajstić information content (AvgIpc) is 3.30. The molecule has 4 rings (SSSR count). The van der Waals surface area contributed by atoms with Gasteiger partial charge in [-0.2, -0.15) is 18.3 Å². The molecule has 2 heterocycles.